The summed E-state index contributed by atoms with van der Waals surface area (Å²) in [5.74, 6) is 0. The quantitative estimate of drug-likeness (QED) is 0.540. The van der Waals surface area contributed by atoms with Crippen molar-refractivity contribution in [2.45, 2.75) is 32.2 Å². The van der Waals surface area contributed by atoms with E-state index in [-0.39, 0.29) is 5.69 Å². The molecule has 0 aliphatic heterocycles. The summed E-state index contributed by atoms with van der Waals surface area (Å²) < 4.78 is 60.3. The normalized spacial score (nSPS) is 11.1. The van der Waals surface area contributed by atoms with Gasteiger partial charge in [0, 0.05) is 6.72 Å². The van der Waals surface area contributed by atoms with E-state index in [4.69, 9.17) is 0 Å². The standard InChI is InChI=1S/C11H14F3NO2S.C7H8N2/c1-3-8-5-6-10(9(4-2)7-8)15-18(16,17)11(12,13)14;1-8-9-7-5-3-2-4-6-7/h5-7,15H,3-4H2,1-2H3;2-6,9H,1H2. The van der Waals surface area contributed by atoms with Gasteiger partial charge in [0.05, 0.1) is 11.4 Å². The molecule has 0 aromatic heterocycles. The highest BCUT2D eigenvalue weighted by molar-refractivity contribution is 7.93. The van der Waals surface area contributed by atoms with Gasteiger partial charge in [-0.1, -0.05) is 44.2 Å². The largest absolute Gasteiger partial charge is 0.516 e. The molecule has 0 aliphatic carbocycles. The number of anilines is 2. The van der Waals surface area contributed by atoms with E-state index in [1.54, 1.807) is 23.8 Å². The van der Waals surface area contributed by atoms with Gasteiger partial charge in [-0.05, 0) is 42.2 Å². The highest BCUT2D eigenvalue weighted by atomic mass is 32.2. The van der Waals surface area contributed by atoms with Crippen molar-refractivity contribution in [3.8, 4) is 0 Å². The number of aryl methyl sites for hydroxylation is 2. The Morgan fingerprint density at radius 1 is 1.04 bits per heavy atom. The van der Waals surface area contributed by atoms with Gasteiger partial charge in [-0.2, -0.15) is 26.7 Å². The predicted octanol–water partition coefficient (Wildman–Crippen LogP) is 4.79. The van der Waals surface area contributed by atoms with Crippen molar-refractivity contribution in [1.82, 2.24) is 0 Å². The second-order valence-corrected chi connectivity index (χ2v) is 7.06. The number of benzene rings is 2. The monoisotopic (exact) mass is 401 g/mol. The van der Waals surface area contributed by atoms with Gasteiger partial charge in [0.25, 0.3) is 0 Å². The first-order valence-corrected chi connectivity index (χ1v) is 9.60. The Hall–Kier alpha value is -2.55. The van der Waals surface area contributed by atoms with E-state index in [1.165, 1.54) is 6.07 Å². The molecule has 5 nitrogen and oxygen atoms in total. The maximum atomic E-state index is 12.2. The topological polar surface area (TPSA) is 70.6 Å². The predicted molar refractivity (Wildman–Crippen MR) is 103 cm³/mol. The molecule has 0 saturated carbocycles. The molecule has 148 valence electrons. The van der Waals surface area contributed by atoms with Gasteiger partial charge in [0.15, 0.2) is 0 Å². The summed E-state index contributed by atoms with van der Waals surface area (Å²) in [6, 6.07) is 14.3. The Kier molecular flexibility index (Phi) is 8.30. The molecule has 0 radical (unpaired) electrons. The van der Waals surface area contributed by atoms with Crippen molar-refractivity contribution < 1.29 is 21.6 Å². The number of hydrazone groups is 1. The third kappa shape index (κ3) is 6.93. The number of rotatable bonds is 6. The molecule has 27 heavy (non-hydrogen) atoms. The molecule has 0 bridgehead atoms. The van der Waals surface area contributed by atoms with Gasteiger partial charge in [0.2, 0.25) is 0 Å². The summed E-state index contributed by atoms with van der Waals surface area (Å²) in [6.07, 6.45) is 1.18. The third-order valence-corrected chi connectivity index (χ3v) is 4.59. The molecule has 0 aliphatic rings. The lowest BCUT2D eigenvalue weighted by Crippen LogP contribution is -2.30. The van der Waals surface area contributed by atoms with Crippen molar-refractivity contribution in [3.63, 3.8) is 0 Å². The minimum Gasteiger partial charge on any atom is -0.279 e. The Morgan fingerprint density at radius 3 is 2.15 bits per heavy atom. The molecule has 9 heteroatoms. The summed E-state index contributed by atoms with van der Waals surface area (Å²) in [5, 5.41) is 3.51. The molecule has 2 rings (SSSR count). The Labute approximate surface area is 157 Å². The smallest absolute Gasteiger partial charge is 0.279 e. The lowest BCUT2D eigenvalue weighted by Gasteiger charge is -2.14. The van der Waals surface area contributed by atoms with E-state index in [2.05, 4.69) is 17.2 Å². The molecule has 0 atom stereocenters. The first-order chi connectivity index (χ1) is 12.6. The average Bonchev–Trinajstić information content (AvgIpc) is 2.62. The maximum absolute atomic E-state index is 12.2. The zero-order valence-corrected chi connectivity index (χ0v) is 15.9. The number of hydrogen-bond acceptors (Lipinski definition) is 4. The lowest BCUT2D eigenvalue weighted by atomic mass is 10.1. The fourth-order valence-electron chi connectivity index (χ4n) is 2.07. The molecule has 0 heterocycles. The van der Waals surface area contributed by atoms with Crippen LogP contribution in [0.1, 0.15) is 25.0 Å². The Bertz CT molecular complexity index is 839. The Morgan fingerprint density at radius 2 is 1.67 bits per heavy atom. The SMILES string of the molecule is C=NNc1ccccc1.CCc1ccc(NS(=O)(=O)C(F)(F)F)c(CC)c1. The van der Waals surface area contributed by atoms with Crippen LogP contribution in [-0.4, -0.2) is 20.6 Å². The molecular formula is C18H22F3N3O2S. The summed E-state index contributed by atoms with van der Waals surface area (Å²) in [4.78, 5) is 0. The van der Waals surface area contributed by atoms with Crippen LogP contribution in [0.4, 0.5) is 24.5 Å². The minimum absolute atomic E-state index is 0.0213. The molecule has 0 spiro atoms. The van der Waals surface area contributed by atoms with Gasteiger partial charge in [-0.15, -0.1) is 0 Å². The highest BCUT2D eigenvalue weighted by Gasteiger charge is 2.46. The molecule has 2 aromatic carbocycles. The fraction of sp³-hybridized carbons (Fsp3) is 0.278. The zero-order chi connectivity index (χ0) is 20.5. The average molecular weight is 401 g/mol. The van der Waals surface area contributed by atoms with Gasteiger partial charge in [0.1, 0.15) is 0 Å². The molecular weight excluding hydrogens is 379 g/mol. The van der Waals surface area contributed by atoms with Crippen LogP contribution in [0.25, 0.3) is 0 Å². The highest BCUT2D eigenvalue weighted by Crippen LogP contribution is 2.27. The van der Waals surface area contributed by atoms with Crippen LogP contribution in [0.3, 0.4) is 0 Å². The summed E-state index contributed by atoms with van der Waals surface area (Å²) >= 11 is 0. The van der Waals surface area contributed by atoms with Crippen LogP contribution in [0.5, 0.6) is 0 Å². The van der Waals surface area contributed by atoms with Gasteiger partial charge < -0.3 is 0 Å². The number of sulfonamides is 1. The first-order valence-electron chi connectivity index (χ1n) is 8.12. The second-order valence-electron chi connectivity index (χ2n) is 5.39. The summed E-state index contributed by atoms with van der Waals surface area (Å²) in [5.41, 5.74) is -0.149. The number of nitrogens with one attached hydrogen (secondary N) is 2. The van der Waals surface area contributed by atoms with Crippen molar-refractivity contribution in [3.05, 3.63) is 59.7 Å². The third-order valence-electron chi connectivity index (χ3n) is 3.49. The van der Waals surface area contributed by atoms with Gasteiger partial charge >= 0.3 is 15.5 Å². The minimum atomic E-state index is -5.35. The van der Waals surface area contributed by atoms with E-state index in [0.717, 1.165) is 17.7 Å². The first kappa shape index (κ1) is 22.5. The number of para-hydroxylation sites is 1. The van der Waals surface area contributed by atoms with Crippen LogP contribution in [0.15, 0.2) is 53.6 Å². The zero-order valence-electron chi connectivity index (χ0n) is 15.0. The van der Waals surface area contributed by atoms with Crippen LogP contribution >= 0.6 is 0 Å². The number of nitrogens with zero attached hydrogens (tertiary/aromatic N) is 1. The Balaban J connectivity index is 0.000000337. The van der Waals surface area contributed by atoms with Gasteiger partial charge in [-0.3, -0.25) is 10.1 Å². The van der Waals surface area contributed by atoms with E-state index >= 15 is 0 Å². The van der Waals surface area contributed by atoms with E-state index in [1.807, 2.05) is 37.3 Å². The van der Waals surface area contributed by atoms with Crippen LogP contribution in [0.2, 0.25) is 0 Å². The summed E-state index contributed by atoms with van der Waals surface area (Å²) in [6.45, 7) is 6.96. The van der Waals surface area contributed by atoms with Crippen molar-refractivity contribution in [2.24, 2.45) is 5.10 Å². The number of halogens is 3. The van der Waals surface area contributed by atoms with E-state index in [0.29, 0.717) is 12.0 Å². The number of alkyl halides is 3. The van der Waals surface area contributed by atoms with Crippen molar-refractivity contribution in [1.29, 1.82) is 0 Å². The molecule has 2 N–H and O–H groups in total. The van der Waals surface area contributed by atoms with Crippen LogP contribution in [-0.2, 0) is 22.9 Å². The molecule has 0 amide bonds. The maximum Gasteiger partial charge on any atom is 0.516 e. The molecule has 0 fully saturated rings. The molecule has 2 aromatic rings. The van der Waals surface area contributed by atoms with E-state index in [9.17, 15) is 21.6 Å². The number of hydrogen-bond donors (Lipinski definition) is 2. The van der Waals surface area contributed by atoms with Crippen molar-refractivity contribution >= 4 is 28.1 Å². The summed E-state index contributed by atoms with van der Waals surface area (Å²) in [7, 11) is -5.35. The fourth-order valence-corrected chi connectivity index (χ4v) is 2.67. The molecule has 0 unspecified atom stereocenters. The van der Waals surface area contributed by atoms with Gasteiger partial charge in [-0.25, -0.2) is 0 Å². The molecule has 0 saturated heterocycles. The van der Waals surface area contributed by atoms with Crippen molar-refractivity contribution in [2.75, 3.05) is 10.1 Å². The van der Waals surface area contributed by atoms with Crippen LogP contribution < -0.4 is 10.1 Å². The lowest BCUT2D eigenvalue weighted by molar-refractivity contribution is -0.0429. The van der Waals surface area contributed by atoms with E-state index < -0.39 is 15.5 Å². The second kappa shape index (κ2) is 9.96. The van der Waals surface area contributed by atoms with Crippen LogP contribution in [0, 0.1) is 0 Å².